The van der Waals surface area contributed by atoms with Gasteiger partial charge in [-0.1, -0.05) is 16.8 Å². The molecule has 108 valence electrons. The van der Waals surface area contributed by atoms with Crippen LogP contribution in [-0.2, 0) is 13.0 Å². The first kappa shape index (κ1) is 14.6. The second-order valence-electron chi connectivity index (χ2n) is 4.15. The third kappa shape index (κ3) is 3.40. The average Bonchev–Trinajstić information content (AvgIpc) is 2.83. The fourth-order valence-electron chi connectivity index (χ4n) is 1.82. The first-order valence-electron chi connectivity index (χ1n) is 6.12. The summed E-state index contributed by atoms with van der Waals surface area (Å²) < 4.78 is 15.9. The summed E-state index contributed by atoms with van der Waals surface area (Å²) in [6, 6.07) is 3.51. The normalized spacial score (nSPS) is 10.6. The van der Waals surface area contributed by atoms with Crippen LogP contribution in [0.15, 0.2) is 16.7 Å². The van der Waals surface area contributed by atoms with Gasteiger partial charge in [0.25, 0.3) is 0 Å². The van der Waals surface area contributed by atoms with Crippen LogP contribution in [0.3, 0.4) is 0 Å². The minimum Gasteiger partial charge on any atom is -0.493 e. The minimum atomic E-state index is 0.187. The van der Waals surface area contributed by atoms with Gasteiger partial charge in [-0.25, -0.2) is 0 Å². The van der Waals surface area contributed by atoms with Gasteiger partial charge in [-0.05, 0) is 19.0 Å². The summed E-state index contributed by atoms with van der Waals surface area (Å²) >= 11 is 6.04. The first-order chi connectivity index (χ1) is 9.63. The molecule has 0 unspecified atom stereocenters. The highest BCUT2D eigenvalue weighted by Gasteiger charge is 2.14. The predicted molar refractivity (Wildman–Crippen MR) is 74.1 cm³/mol. The maximum Gasteiger partial charge on any atom is 0.223 e. The molecule has 2 aromatic rings. The molecule has 2 rings (SSSR count). The molecule has 0 saturated carbocycles. The van der Waals surface area contributed by atoms with Crippen LogP contribution in [0.25, 0.3) is 0 Å². The molecule has 0 aliphatic rings. The van der Waals surface area contributed by atoms with E-state index in [1.807, 2.05) is 6.07 Å². The summed E-state index contributed by atoms with van der Waals surface area (Å²) in [5.41, 5.74) is 6.49. The Balaban J connectivity index is 2.23. The number of nitrogens with two attached hydrogens (primary N) is 1. The highest BCUT2D eigenvalue weighted by Crippen LogP contribution is 2.35. The lowest BCUT2D eigenvalue weighted by atomic mass is 10.1. The minimum absolute atomic E-state index is 0.187. The predicted octanol–water partition coefficient (Wildman–Crippen LogP) is 2.12. The molecule has 0 bridgehead atoms. The highest BCUT2D eigenvalue weighted by molar-refractivity contribution is 6.30. The summed E-state index contributed by atoms with van der Waals surface area (Å²) in [5.74, 6) is 2.12. The Bertz CT molecular complexity index is 586. The van der Waals surface area contributed by atoms with E-state index in [1.165, 1.54) is 0 Å². The topological polar surface area (TPSA) is 83.4 Å². The van der Waals surface area contributed by atoms with E-state index in [1.54, 1.807) is 20.1 Å². The van der Waals surface area contributed by atoms with Crippen molar-refractivity contribution in [2.24, 2.45) is 5.73 Å². The number of rotatable bonds is 6. The summed E-state index contributed by atoms with van der Waals surface area (Å²) in [6.45, 7) is 2.40. The number of benzene rings is 1. The van der Waals surface area contributed by atoms with Gasteiger partial charge in [0.2, 0.25) is 11.7 Å². The van der Waals surface area contributed by atoms with Gasteiger partial charge in [-0.15, -0.1) is 0 Å². The number of nitrogens with zero attached hydrogens (tertiary/aromatic N) is 2. The van der Waals surface area contributed by atoms with Gasteiger partial charge < -0.3 is 19.7 Å². The monoisotopic (exact) mass is 297 g/mol. The van der Waals surface area contributed by atoms with Crippen molar-refractivity contribution in [2.75, 3.05) is 13.7 Å². The fourth-order valence-corrected chi connectivity index (χ4v) is 2.05. The van der Waals surface area contributed by atoms with E-state index < -0.39 is 0 Å². The van der Waals surface area contributed by atoms with Crippen LogP contribution < -0.4 is 15.2 Å². The van der Waals surface area contributed by atoms with Crippen molar-refractivity contribution in [3.63, 3.8) is 0 Å². The van der Waals surface area contributed by atoms with E-state index in [2.05, 4.69) is 10.1 Å². The number of ether oxygens (including phenoxy) is 2. The number of methoxy groups -OCH3 is 1. The van der Waals surface area contributed by atoms with Gasteiger partial charge in [0.15, 0.2) is 18.1 Å². The van der Waals surface area contributed by atoms with Crippen molar-refractivity contribution in [2.45, 2.75) is 20.0 Å². The van der Waals surface area contributed by atoms with Crippen molar-refractivity contribution in [3.8, 4) is 11.5 Å². The van der Waals surface area contributed by atoms with Crippen LogP contribution >= 0.6 is 11.6 Å². The number of hydrogen-bond acceptors (Lipinski definition) is 6. The molecule has 0 aliphatic carbocycles. The van der Waals surface area contributed by atoms with Crippen LogP contribution in [-0.4, -0.2) is 23.8 Å². The fraction of sp³-hybridized carbons (Fsp3) is 0.385. The van der Waals surface area contributed by atoms with Crippen LogP contribution in [0.4, 0.5) is 0 Å². The maximum absolute atomic E-state index is 6.04. The number of hydrogen-bond donors (Lipinski definition) is 1. The largest absolute Gasteiger partial charge is 0.493 e. The zero-order chi connectivity index (χ0) is 14.5. The Morgan fingerprint density at radius 1 is 1.40 bits per heavy atom. The second kappa shape index (κ2) is 6.58. The first-order valence-corrected chi connectivity index (χ1v) is 6.50. The Labute approximate surface area is 121 Å². The van der Waals surface area contributed by atoms with Crippen LogP contribution in [0.2, 0.25) is 5.02 Å². The lowest BCUT2D eigenvalue weighted by Crippen LogP contribution is -2.07. The summed E-state index contributed by atoms with van der Waals surface area (Å²) in [4.78, 5) is 4.08. The molecular weight excluding hydrogens is 282 g/mol. The molecule has 1 heterocycles. The summed E-state index contributed by atoms with van der Waals surface area (Å²) in [5, 5.41) is 4.35. The van der Waals surface area contributed by atoms with Gasteiger partial charge >= 0.3 is 0 Å². The summed E-state index contributed by atoms with van der Waals surface area (Å²) in [6.07, 6.45) is 0.636. The molecule has 1 aromatic carbocycles. The van der Waals surface area contributed by atoms with Crippen molar-refractivity contribution in [1.29, 1.82) is 0 Å². The lowest BCUT2D eigenvalue weighted by Gasteiger charge is -2.14. The third-order valence-corrected chi connectivity index (χ3v) is 2.86. The standard InChI is InChI=1S/C13H16ClN3O3/c1-8-16-12(17-20-8)7-19-13-9(3-4-15)5-10(14)6-11(13)18-2/h5-6H,3-4,7,15H2,1-2H3. The van der Waals surface area contributed by atoms with E-state index >= 15 is 0 Å². The Hall–Kier alpha value is -1.79. The van der Waals surface area contributed by atoms with Crippen LogP contribution in [0.5, 0.6) is 11.5 Å². The zero-order valence-electron chi connectivity index (χ0n) is 11.4. The lowest BCUT2D eigenvalue weighted by molar-refractivity contribution is 0.266. The molecular formula is C13H16ClN3O3. The SMILES string of the molecule is COc1cc(Cl)cc(CCN)c1OCc1noc(C)n1. The summed E-state index contributed by atoms with van der Waals surface area (Å²) in [7, 11) is 1.56. The van der Waals surface area contributed by atoms with Crippen LogP contribution in [0.1, 0.15) is 17.3 Å². The number of aryl methyl sites for hydroxylation is 1. The van der Waals surface area contributed by atoms with Crippen molar-refractivity contribution < 1.29 is 14.0 Å². The Morgan fingerprint density at radius 3 is 2.80 bits per heavy atom. The highest BCUT2D eigenvalue weighted by atomic mass is 35.5. The van der Waals surface area contributed by atoms with Crippen molar-refractivity contribution in [1.82, 2.24) is 10.1 Å². The molecule has 2 N–H and O–H groups in total. The molecule has 0 aliphatic heterocycles. The molecule has 20 heavy (non-hydrogen) atoms. The molecule has 7 heteroatoms. The van der Waals surface area contributed by atoms with Gasteiger partial charge in [-0.2, -0.15) is 4.98 Å². The third-order valence-electron chi connectivity index (χ3n) is 2.65. The molecule has 0 radical (unpaired) electrons. The molecule has 0 atom stereocenters. The molecule has 6 nitrogen and oxygen atoms in total. The van der Waals surface area contributed by atoms with Crippen LogP contribution in [0, 0.1) is 6.92 Å². The van der Waals surface area contributed by atoms with Gasteiger partial charge in [-0.3, -0.25) is 0 Å². The quantitative estimate of drug-likeness (QED) is 0.879. The average molecular weight is 298 g/mol. The van der Waals surface area contributed by atoms with E-state index in [0.717, 1.165) is 5.56 Å². The number of halogens is 1. The Morgan fingerprint density at radius 2 is 2.20 bits per heavy atom. The van der Waals surface area contributed by atoms with Gasteiger partial charge in [0.05, 0.1) is 7.11 Å². The van der Waals surface area contributed by atoms with Crippen molar-refractivity contribution >= 4 is 11.6 Å². The van der Waals surface area contributed by atoms with E-state index in [0.29, 0.717) is 41.2 Å². The van der Waals surface area contributed by atoms with E-state index in [9.17, 15) is 0 Å². The second-order valence-corrected chi connectivity index (χ2v) is 4.59. The molecule has 0 amide bonds. The maximum atomic E-state index is 6.04. The zero-order valence-corrected chi connectivity index (χ0v) is 12.1. The van der Waals surface area contributed by atoms with Crippen molar-refractivity contribution in [3.05, 3.63) is 34.4 Å². The van der Waals surface area contributed by atoms with Gasteiger partial charge in [0, 0.05) is 23.6 Å². The van der Waals surface area contributed by atoms with E-state index in [-0.39, 0.29) is 6.61 Å². The molecule has 0 fully saturated rings. The molecule has 0 spiro atoms. The van der Waals surface area contributed by atoms with Gasteiger partial charge in [0.1, 0.15) is 0 Å². The number of aromatic nitrogens is 2. The van der Waals surface area contributed by atoms with E-state index in [4.69, 9.17) is 31.3 Å². The Kier molecular flexibility index (Phi) is 4.81. The molecule has 0 saturated heterocycles. The molecule has 1 aromatic heterocycles. The smallest absolute Gasteiger partial charge is 0.223 e.